The number of nitriles is 1. The molecule has 1 fully saturated rings. The van der Waals surface area contributed by atoms with Gasteiger partial charge in [0.25, 0.3) is 0 Å². The monoisotopic (exact) mass is 343 g/mol. The highest BCUT2D eigenvalue weighted by atomic mass is 16.7. The fourth-order valence-electron chi connectivity index (χ4n) is 3.36. The van der Waals surface area contributed by atoms with Gasteiger partial charge in [0.05, 0.1) is 24.8 Å². The molecule has 0 atom stereocenters. The highest BCUT2D eigenvalue weighted by Crippen LogP contribution is 2.27. The van der Waals surface area contributed by atoms with Crippen LogP contribution in [0.15, 0.2) is 24.3 Å². The van der Waals surface area contributed by atoms with E-state index in [1.807, 2.05) is 24.3 Å². The molecule has 0 aromatic heterocycles. The van der Waals surface area contributed by atoms with E-state index in [0.29, 0.717) is 11.5 Å². The third kappa shape index (κ3) is 7.59. The largest absolute Gasteiger partial charge is 0.348 e. The minimum atomic E-state index is -0.271. The number of ether oxygens (including phenoxy) is 2. The zero-order valence-electron chi connectivity index (χ0n) is 15.7. The van der Waals surface area contributed by atoms with Crippen molar-refractivity contribution in [1.29, 1.82) is 5.26 Å². The smallest absolute Gasteiger partial charge is 0.183 e. The Bertz CT molecular complexity index is 498. The van der Waals surface area contributed by atoms with Crippen molar-refractivity contribution < 1.29 is 9.47 Å². The van der Waals surface area contributed by atoms with Crippen molar-refractivity contribution in [2.45, 2.75) is 77.4 Å². The van der Waals surface area contributed by atoms with Crippen LogP contribution in [-0.2, 0) is 9.47 Å². The highest BCUT2D eigenvalue weighted by molar-refractivity contribution is 5.32. The van der Waals surface area contributed by atoms with Gasteiger partial charge < -0.3 is 9.47 Å². The summed E-state index contributed by atoms with van der Waals surface area (Å²) >= 11 is 0. The van der Waals surface area contributed by atoms with Gasteiger partial charge in [-0.1, -0.05) is 76.8 Å². The van der Waals surface area contributed by atoms with Gasteiger partial charge in [-0.2, -0.15) is 5.26 Å². The molecule has 3 heteroatoms. The lowest BCUT2D eigenvalue weighted by Crippen LogP contribution is -2.27. The van der Waals surface area contributed by atoms with Crippen LogP contribution in [0.1, 0.15) is 88.5 Å². The van der Waals surface area contributed by atoms with Gasteiger partial charge in [0.2, 0.25) is 0 Å². The van der Waals surface area contributed by atoms with Gasteiger partial charge in [-0.05, 0) is 18.6 Å². The van der Waals surface area contributed by atoms with E-state index in [0.717, 1.165) is 18.8 Å². The van der Waals surface area contributed by atoms with Crippen molar-refractivity contribution in [3.05, 3.63) is 35.4 Å². The summed E-state index contributed by atoms with van der Waals surface area (Å²) in [5.41, 5.74) is 1.67. The number of benzene rings is 1. The number of rotatable bonds is 11. The van der Waals surface area contributed by atoms with E-state index in [9.17, 15) is 0 Å². The number of hydrogen-bond donors (Lipinski definition) is 0. The lowest BCUT2D eigenvalue weighted by Gasteiger charge is -2.29. The van der Waals surface area contributed by atoms with Crippen LogP contribution in [0.25, 0.3) is 0 Å². The van der Waals surface area contributed by atoms with Crippen LogP contribution in [0, 0.1) is 17.2 Å². The van der Waals surface area contributed by atoms with Crippen LogP contribution in [0.5, 0.6) is 0 Å². The number of hydrogen-bond acceptors (Lipinski definition) is 3. The molecular formula is C22H33NO2. The van der Waals surface area contributed by atoms with E-state index >= 15 is 0 Å². The molecule has 0 amide bonds. The summed E-state index contributed by atoms with van der Waals surface area (Å²) in [6, 6.07) is 9.61. The van der Waals surface area contributed by atoms with Crippen LogP contribution >= 0.6 is 0 Å². The van der Waals surface area contributed by atoms with E-state index in [-0.39, 0.29) is 6.29 Å². The lowest BCUT2D eigenvalue weighted by molar-refractivity contribution is -0.206. The summed E-state index contributed by atoms with van der Waals surface area (Å²) in [5, 5.41) is 8.85. The molecule has 0 saturated carbocycles. The molecule has 0 spiro atoms. The van der Waals surface area contributed by atoms with E-state index in [2.05, 4.69) is 13.0 Å². The Morgan fingerprint density at radius 1 is 0.880 bits per heavy atom. The molecule has 25 heavy (non-hydrogen) atoms. The summed E-state index contributed by atoms with van der Waals surface area (Å²) < 4.78 is 11.8. The quantitative estimate of drug-likeness (QED) is 0.453. The van der Waals surface area contributed by atoms with Gasteiger partial charge in [0, 0.05) is 11.5 Å². The summed E-state index contributed by atoms with van der Waals surface area (Å²) in [5.74, 6) is 0.527. The normalized spacial score (nSPS) is 20.3. The summed E-state index contributed by atoms with van der Waals surface area (Å²) in [4.78, 5) is 0. The second kappa shape index (κ2) is 12.1. The summed E-state index contributed by atoms with van der Waals surface area (Å²) in [6.45, 7) is 3.83. The second-order valence-electron chi connectivity index (χ2n) is 7.22. The van der Waals surface area contributed by atoms with Gasteiger partial charge >= 0.3 is 0 Å². The minimum absolute atomic E-state index is 0.271. The van der Waals surface area contributed by atoms with Crippen LogP contribution in [-0.4, -0.2) is 13.2 Å². The Hall–Kier alpha value is -1.37. The van der Waals surface area contributed by atoms with E-state index in [4.69, 9.17) is 14.7 Å². The third-order valence-corrected chi connectivity index (χ3v) is 4.99. The first-order chi connectivity index (χ1) is 12.3. The molecule has 138 valence electrons. The fraction of sp³-hybridized carbons (Fsp3) is 0.682. The Kier molecular flexibility index (Phi) is 9.62. The third-order valence-electron chi connectivity index (χ3n) is 4.99. The van der Waals surface area contributed by atoms with Crippen LogP contribution < -0.4 is 0 Å². The molecule has 0 unspecified atom stereocenters. The van der Waals surface area contributed by atoms with Gasteiger partial charge in [0.1, 0.15) is 0 Å². The molecule has 0 aliphatic carbocycles. The lowest BCUT2D eigenvalue weighted by atomic mass is 10.0. The number of unbranched alkanes of at least 4 members (excludes halogenated alkanes) is 8. The molecule has 0 radical (unpaired) electrons. The Morgan fingerprint density at radius 3 is 2.00 bits per heavy atom. The second-order valence-corrected chi connectivity index (χ2v) is 7.22. The van der Waals surface area contributed by atoms with Gasteiger partial charge in [0.15, 0.2) is 6.29 Å². The minimum Gasteiger partial charge on any atom is -0.348 e. The van der Waals surface area contributed by atoms with Gasteiger partial charge in [-0.15, -0.1) is 0 Å². The first-order valence-electron chi connectivity index (χ1n) is 10.1. The molecule has 1 aromatic carbocycles. The molecule has 0 N–H and O–H groups in total. The zero-order valence-corrected chi connectivity index (χ0v) is 15.7. The van der Waals surface area contributed by atoms with Gasteiger partial charge in [-0.3, -0.25) is 0 Å². The van der Waals surface area contributed by atoms with E-state index < -0.39 is 0 Å². The maximum Gasteiger partial charge on any atom is 0.183 e. The van der Waals surface area contributed by atoms with Crippen molar-refractivity contribution in [3.63, 3.8) is 0 Å². The summed E-state index contributed by atoms with van der Waals surface area (Å²) in [7, 11) is 0. The predicted molar refractivity (Wildman–Crippen MR) is 101 cm³/mol. The van der Waals surface area contributed by atoms with Crippen LogP contribution in [0.3, 0.4) is 0 Å². The Morgan fingerprint density at radius 2 is 1.44 bits per heavy atom. The number of nitrogens with zero attached hydrogens (tertiary/aromatic N) is 1. The fourth-order valence-corrected chi connectivity index (χ4v) is 3.36. The van der Waals surface area contributed by atoms with E-state index in [1.54, 1.807) is 0 Å². The Labute approximate surface area is 153 Å². The first-order valence-corrected chi connectivity index (χ1v) is 10.1. The summed E-state index contributed by atoms with van der Waals surface area (Å²) in [6.07, 6.45) is 13.3. The average molecular weight is 344 g/mol. The molecular weight excluding hydrogens is 310 g/mol. The van der Waals surface area contributed by atoms with Crippen molar-refractivity contribution in [2.75, 3.05) is 13.2 Å². The SMILES string of the molecule is CCCCCCCCCCCC1COC(c2ccc(C#N)cc2)OC1. The standard InChI is InChI=1S/C22H33NO2/c1-2-3-4-5-6-7-8-9-10-11-20-17-24-22(25-18-20)21-14-12-19(16-23)13-15-21/h12-15,20,22H,2-11,17-18H2,1H3. The van der Waals surface area contributed by atoms with Gasteiger partial charge in [-0.25, -0.2) is 0 Å². The van der Waals surface area contributed by atoms with Crippen LogP contribution in [0.4, 0.5) is 0 Å². The highest BCUT2D eigenvalue weighted by Gasteiger charge is 2.23. The zero-order chi connectivity index (χ0) is 17.7. The molecule has 2 rings (SSSR count). The maximum atomic E-state index is 8.85. The molecule has 1 heterocycles. The average Bonchev–Trinajstić information content (AvgIpc) is 2.67. The van der Waals surface area contributed by atoms with Crippen LogP contribution in [0.2, 0.25) is 0 Å². The van der Waals surface area contributed by atoms with Crippen molar-refractivity contribution in [3.8, 4) is 6.07 Å². The molecule has 1 aromatic rings. The molecule has 1 aliphatic rings. The van der Waals surface area contributed by atoms with Crippen molar-refractivity contribution in [1.82, 2.24) is 0 Å². The maximum absolute atomic E-state index is 8.85. The molecule has 3 nitrogen and oxygen atoms in total. The topological polar surface area (TPSA) is 42.2 Å². The Balaban J connectivity index is 1.51. The molecule has 0 bridgehead atoms. The van der Waals surface area contributed by atoms with Crippen molar-refractivity contribution in [2.24, 2.45) is 5.92 Å². The van der Waals surface area contributed by atoms with E-state index in [1.165, 1.54) is 64.2 Å². The molecule has 1 aliphatic heterocycles. The molecule has 1 saturated heterocycles. The first kappa shape index (κ1) is 19.9. The predicted octanol–water partition coefficient (Wildman–Crippen LogP) is 6.14. The van der Waals surface area contributed by atoms with Crippen molar-refractivity contribution >= 4 is 0 Å².